The first-order chi connectivity index (χ1) is 13.8. The van der Waals surface area contributed by atoms with Crippen LogP contribution < -0.4 is 16.2 Å². The Hall–Kier alpha value is -3.74. The highest BCUT2D eigenvalue weighted by atomic mass is 16.2. The summed E-state index contributed by atoms with van der Waals surface area (Å²) in [4.78, 5) is 37.0. The first-order valence-electron chi connectivity index (χ1n) is 9.16. The van der Waals surface area contributed by atoms with Crippen LogP contribution in [0, 0.1) is 20.8 Å². The molecule has 3 rings (SSSR count). The molecule has 3 aromatic rings. The first kappa shape index (κ1) is 20.0. The van der Waals surface area contributed by atoms with Gasteiger partial charge in [-0.1, -0.05) is 35.9 Å². The largest absolute Gasteiger partial charge is 0.324 e. The molecule has 1 heterocycles. The number of rotatable bonds is 5. The van der Waals surface area contributed by atoms with Crippen molar-refractivity contribution >= 4 is 23.2 Å². The van der Waals surface area contributed by atoms with E-state index in [1.807, 2.05) is 39.0 Å². The van der Waals surface area contributed by atoms with Gasteiger partial charge in [0.25, 0.3) is 11.5 Å². The van der Waals surface area contributed by atoms with Gasteiger partial charge in [0.1, 0.15) is 12.2 Å². The summed E-state index contributed by atoms with van der Waals surface area (Å²) >= 11 is 0. The Morgan fingerprint density at radius 1 is 0.931 bits per heavy atom. The molecule has 0 saturated heterocycles. The summed E-state index contributed by atoms with van der Waals surface area (Å²) in [7, 11) is 0. The number of aryl methyl sites for hydroxylation is 3. The van der Waals surface area contributed by atoms with Crippen molar-refractivity contribution in [1.29, 1.82) is 0 Å². The molecule has 0 aliphatic rings. The van der Waals surface area contributed by atoms with Crippen LogP contribution in [-0.2, 0) is 11.3 Å². The molecule has 2 aromatic carbocycles. The monoisotopic (exact) mass is 390 g/mol. The Labute approximate surface area is 168 Å². The molecule has 29 heavy (non-hydrogen) atoms. The number of hydrogen-bond donors (Lipinski definition) is 2. The summed E-state index contributed by atoms with van der Waals surface area (Å²) in [6, 6.07) is 15.4. The number of aromatic nitrogens is 2. The predicted molar refractivity (Wildman–Crippen MR) is 112 cm³/mol. The molecule has 2 amide bonds. The third-order valence-electron chi connectivity index (χ3n) is 4.37. The van der Waals surface area contributed by atoms with Gasteiger partial charge >= 0.3 is 0 Å². The van der Waals surface area contributed by atoms with Crippen molar-refractivity contribution in [1.82, 2.24) is 9.78 Å². The van der Waals surface area contributed by atoms with Crippen molar-refractivity contribution in [2.45, 2.75) is 27.3 Å². The topological polar surface area (TPSA) is 93.1 Å². The van der Waals surface area contributed by atoms with Crippen LogP contribution >= 0.6 is 0 Å². The van der Waals surface area contributed by atoms with Crippen molar-refractivity contribution in [3.63, 3.8) is 0 Å². The van der Waals surface area contributed by atoms with Crippen molar-refractivity contribution < 1.29 is 9.59 Å². The molecule has 0 aliphatic carbocycles. The number of nitrogens with one attached hydrogen (secondary N) is 2. The van der Waals surface area contributed by atoms with Crippen molar-refractivity contribution in [3.8, 4) is 0 Å². The second kappa shape index (κ2) is 8.52. The summed E-state index contributed by atoms with van der Waals surface area (Å²) in [5.74, 6) is -0.856. The van der Waals surface area contributed by atoms with Crippen molar-refractivity contribution in [2.24, 2.45) is 0 Å². The zero-order chi connectivity index (χ0) is 21.0. The van der Waals surface area contributed by atoms with Gasteiger partial charge in [-0.2, -0.15) is 5.10 Å². The molecule has 0 spiro atoms. The maximum atomic E-state index is 12.5. The number of para-hydroxylation sites is 1. The fourth-order valence-corrected chi connectivity index (χ4v) is 3.09. The number of carbonyl (C=O) groups excluding carboxylic acids is 2. The minimum atomic E-state index is -0.464. The van der Waals surface area contributed by atoms with E-state index in [2.05, 4.69) is 15.7 Å². The average Bonchev–Trinajstić information content (AvgIpc) is 2.67. The van der Waals surface area contributed by atoms with E-state index in [-0.39, 0.29) is 12.2 Å². The minimum absolute atomic E-state index is 0.0453. The number of anilines is 2. The van der Waals surface area contributed by atoms with Crippen molar-refractivity contribution in [3.05, 3.63) is 87.3 Å². The number of hydrogen-bond acceptors (Lipinski definition) is 4. The van der Waals surface area contributed by atoms with Gasteiger partial charge in [-0.15, -0.1) is 0 Å². The van der Waals surface area contributed by atoms with Crippen LogP contribution in [0.4, 0.5) is 11.4 Å². The lowest BCUT2D eigenvalue weighted by molar-refractivity contribution is -0.117. The van der Waals surface area contributed by atoms with Gasteiger partial charge in [0.05, 0.1) is 0 Å². The van der Waals surface area contributed by atoms with Gasteiger partial charge in [-0.25, -0.2) is 4.68 Å². The number of benzene rings is 2. The van der Waals surface area contributed by atoms with Gasteiger partial charge < -0.3 is 10.6 Å². The molecule has 1 aromatic heterocycles. The molecule has 0 aliphatic heterocycles. The van der Waals surface area contributed by atoms with E-state index in [0.717, 1.165) is 21.4 Å². The first-order valence-corrected chi connectivity index (χ1v) is 9.16. The van der Waals surface area contributed by atoms with Crippen LogP contribution in [0.15, 0.2) is 59.4 Å². The number of nitrogens with zero attached hydrogens (tertiary/aromatic N) is 2. The standard InChI is InChI=1S/C22H22N4O3/c1-14-11-15(2)21(16(3)12-14)24-19(27)13-26-20(28)10-9-18(25-26)22(29)23-17-7-5-4-6-8-17/h4-12H,13H2,1-3H3,(H,23,29)(H,24,27). The highest BCUT2D eigenvalue weighted by Crippen LogP contribution is 2.21. The molecule has 0 radical (unpaired) electrons. The molecule has 7 heteroatoms. The molecule has 0 atom stereocenters. The van der Waals surface area contributed by atoms with Crippen LogP contribution in [-0.4, -0.2) is 21.6 Å². The maximum absolute atomic E-state index is 12.5. The van der Waals surface area contributed by atoms with E-state index in [9.17, 15) is 14.4 Å². The second-order valence-electron chi connectivity index (χ2n) is 6.86. The molecule has 2 N–H and O–H groups in total. The lowest BCUT2D eigenvalue weighted by atomic mass is 10.1. The Morgan fingerprint density at radius 3 is 2.24 bits per heavy atom. The van der Waals surface area contributed by atoms with Crippen LogP contribution in [0.5, 0.6) is 0 Å². The van der Waals surface area contributed by atoms with E-state index in [1.165, 1.54) is 12.1 Å². The van der Waals surface area contributed by atoms with Crippen molar-refractivity contribution in [2.75, 3.05) is 10.6 Å². The molecule has 0 unspecified atom stereocenters. The molecule has 0 fully saturated rings. The Kier molecular flexibility index (Phi) is 5.87. The van der Waals surface area contributed by atoms with Gasteiger partial charge in [-0.3, -0.25) is 14.4 Å². The minimum Gasteiger partial charge on any atom is -0.324 e. The van der Waals surface area contributed by atoms with E-state index in [0.29, 0.717) is 11.4 Å². The Balaban J connectivity index is 1.76. The molecule has 0 bridgehead atoms. The Morgan fingerprint density at radius 2 is 1.59 bits per heavy atom. The van der Waals surface area contributed by atoms with E-state index < -0.39 is 17.4 Å². The van der Waals surface area contributed by atoms with Crippen LogP contribution in [0.2, 0.25) is 0 Å². The summed E-state index contributed by atoms with van der Waals surface area (Å²) in [5, 5.41) is 9.57. The van der Waals surface area contributed by atoms with Crippen LogP contribution in [0.1, 0.15) is 27.2 Å². The zero-order valence-corrected chi connectivity index (χ0v) is 16.5. The number of carbonyl (C=O) groups is 2. The highest BCUT2D eigenvalue weighted by Gasteiger charge is 2.13. The van der Waals surface area contributed by atoms with Gasteiger partial charge in [0, 0.05) is 17.4 Å². The molecule has 0 saturated carbocycles. The summed E-state index contributed by atoms with van der Waals surface area (Å²) in [6.07, 6.45) is 0. The third-order valence-corrected chi connectivity index (χ3v) is 4.37. The zero-order valence-electron chi connectivity index (χ0n) is 16.5. The second-order valence-corrected chi connectivity index (χ2v) is 6.86. The third kappa shape index (κ3) is 4.95. The van der Waals surface area contributed by atoms with Gasteiger partial charge in [-0.05, 0) is 50.1 Å². The fourth-order valence-electron chi connectivity index (χ4n) is 3.09. The summed E-state index contributed by atoms with van der Waals surface area (Å²) in [6.45, 7) is 5.52. The Bertz CT molecular complexity index is 1100. The van der Waals surface area contributed by atoms with E-state index in [4.69, 9.17) is 0 Å². The van der Waals surface area contributed by atoms with E-state index >= 15 is 0 Å². The normalized spacial score (nSPS) is 10.4. The summed E-state index contributed by atoms with van der Waals surface area (Å²) < 4.78 is 0.980. The number of amides is 2. The SMILES string of the molecule is Cc1cc(C)c(NC(=O)Cn2nc(C(=O)Nc3ccccc3)ccc2=O)c(C)c1. The molecular weight excluding hydrogens is 368 g/mol. The van der Waals surface area contributed by atoms with Crippen LogP contribution in [0.25, 0.3) is 0 Å². The highest BCUT2D eigenvalue weighted by molar-refractivity contribution is 6.02. The lowest BCUT2D eigenvalue weighted by Crippen LogP contribution is -2.31. The maximum Gasteiger partial charge on any atom is 0.276 e. The quantitative estimate of drug-likeness (QED) is 0.700. The molecular formula is C22H22N4O3. The fraction of sp³-hybridized carbons (Fsp3) is 0.182. The molecule has 148 valence electrons. The average molecular weight is 390 g/mol. The van der Waals surface area contributed by atoms with Gasteiger partial charge in [0.2, 0.25) is 5.91 Å². The van der Waals surface area contributed by atoms with E-state index in [1.54, 1.807) is 24.3 Å². The van der Waals surface area contributed by atoms with Crippen LogP contribution in [0.3, 0.4) is 0 Å². The predicted octanol–water partition coefficient (Wildman–Crippen LogP) is 3.06. The smallest absolute Gasteiger partial charge is 0.276 e. The lowest BCUT2D eigenvalue weighted by Gasteiger charge is -2.13. The van der Waals surface area contributed by atoms with Gasteiger partial charge in [0.15, 0.2) is 0 Å². The summed E-state index contributed by atoms with van der Waals surface area (Å²) in [5.41, 5.74) is 3.89. The molecule has 7 nitrogen and oxygen atoms in total.